The van der Waals surface area contributed by atoms with Crippen LogP contribution in [0.3, 0.4) is 0 Å². The van der Waals surface area contributed by atoms with Gasteiger partial charge in [-0.25, -0.2) is 4.57 Å². The lowest BCUT2D eigenvalue weighted by atomic mass is 10.7. The molecule has 0 amide bonds. The van der Waals surface area contributed by atoms with Crippen LogP contribution in [0.15, 0.2) is 0 Å². The van der Waals surface area contributed by atoms with Crippen LogP contribution in [0.2, 0.25) is 0 Å². The van der Waals surface area contributed by atoms with Crippen LogP contribution in [-0.2, 0) is 23.3 Å². The largest absolute Gasteiger partial charge is 0.469 e. The highest BCUT2D eigenvalue weighted by atomic mass is 31.2. The number of ether oxygens (including phenoxy) is 3. The van der Waals surface area contributed by atoms with Gasteiger partial charge in [0.2, 0.25) is 0 Å². The van der Waals surface area contributed by atoms with Gasteiger partial charge in [0.05, 0.1) is 39.6 Å². The van der Waals surface area contributed by atoms with E-state index in [0.29, 0.717) is 33.0 Å². The highest BCUT2D eigenvalue weighted by Gasteiger charge is 2.12. The maximum Gasteiger partial charge on any atom is 0.469 e. The Balaban J connectivity index is 3.02. The Bertz CT molecular complexity index is 193. The molecule has 0 aromatic carbocycles. The van der Waals surface area contributed by atoms with Gasteiger partial charge >= 0.3 is 7.82 Å². The van der Waals surface area contributed by atoms with Crippen molar-refractivity contribution in [2.45, 2.75) is 6.92 Å². The van der Waals surface area contributed by atoms with Crippen molar-refractivity contribution >= 4 is 7.82 Å². The summed E-state index contributed by atoms with van der Waals surface area (Å²) in [6.45, 7) is 4.40. The van der Waals surface area contributed by atoms with Gasteiger partial charge in [-0.2, -0.15) is 0 Å². The Kier molecular flexibility index (Phi) is 10.2. The Morgan fingerprint density at radius 3 is 1.75 bits per heavy atom. The Hall–Kier alpha value is -0.0100. The van der Waals surface area contributed by atoms with Crippen molar-refractivity contribution in [3.8, 4) is 0 Å². The average Bonchev–Trinajstić information content (AvgIpc) is 2.19. The maximum absolute atomic E-state index is 10.2. The van der Waals surface area contributed by atoms with Gasteiger partial charge < -0.3 is 24.0 Å². The minimum absolute atomic E-state index is 0.125. The molecule has 16 heavy (non-hydrogen) atoms. The van der Waals surface area contributed by atoms with Crippen molar-refractivity contribution in [2.24, 2.45) is 0 Å². The van der Waals surface area contributed by atoms with Gasteiger partial charge in [0.25, 0.3) is 0 Å². The summed E-state index contributed by atoms with van der Waals surface area (Å²) in [6, 6.07) is 0. The van der Waals surface area contributed by atoms with E-state index in [4.69, 9.17) is 24.0 Å². The van der Waals surface area contributed by atoms with Crippen molar-refractivity contribution < 1.29 is 33.1 Å². The van der Waals surface area contributed by atoms with Crippen molar-refractivity contribution in [1.82, 2.24) is 0 Å². The van der Waals surface area contributed by atoms with Gasteiger partial charge in [-0.05, 0) is 6.92 Å². The van der Waals surface area contributed by atoms with Crippen LogP contribution in [-0.4, -0.2) is 56.0 Å². The highest BCUT2D eigenvalue weighted by Crippen LogP contribution is 2.35. The van der Waals surface area contributed by atoms with Crippen LogP contribution in [0.5, 0.6) is 0 Å². The predicted molar refractivity (Wildman–Crippen MR) is 56.1 cm³/mol. The predicted octanol–water partition coefficient (Wildman–Crippen LogP) is 0.165. The van der Waals surface area contributed by atoms with Crippen LogP contribution in [0.25, 0.3) is 0 Å². The summed E-state index contributed by atoms with van der Waals surface area (Å²) in [6.07, 6.45) is 0. The first-order valence-corrected chi connectivity index (χ1v) is 6.52. The quantitative estimate of drug-likeness (QED) is 0.403. The van der Waals surface area contributed by atoms with Crippen LogP contribution in [0.4, 0.5) is 0 Å². The highest BCUT2D eigenvalue weighted by molar-refractivity contribution is 7.46. The summed E-state index contributed by atoms with van der Waals surface area (Å²) in [5.74, 6) is 0. The van der Waals surface area contributed by atoms with E-state index in [1.807, 2.05) is 6.92 Å². The summed E-state index contributed by atoms with van der Waals surface area (Å²) in [4.78, 5) is 16.7. The topological polar surface area (TPSA) is 94.5 Å². The third-order valence-corrected chi connectivity index (χ3v) is 1.95. The van der Waals surface area contributed by atoms with Gasteiger partial charge in [-0.15, -0.1) is 0 Å². The fourth-order valence-electron chi connectivity index (χ4n) is 0.799. The lowest BCUT2D eigenvalue weighted by Crippen LogP contribution is -2.11. The van der Waals surface area contributed by atoms with Crippen LogP contribution < -0.4 is 0 Å². The monoisotopic (exact) mass is 258 g/mol. The molecule has 0 atom stereocenters. The molecule has 0 saturated heterocycles. The van der Waals surface area contributed by atoms with Gasteiger partial charge in [0.15, 0.2) is 0 Å². The van der Waals surface area contributed by atoms with E-state index < -0.39 is 7.82 Å². The van der Waals surface area contributed by atoms with Crippen molar-refractivity contribution in [1.29, 1.82) is 0 Å². The van der Waals surface area contributed by atoms with Gasteiger partial charge in [0, 0.05) is 6.61 Å². The lowest BCUT2D eigenvalue weighted by molar-refractivity contribution is 0.00944. The average molecular weight is 258 g/mol. The smallest absolute Gasteiger partial charge is 0.379 e. The summed E-state index contributed by atoms with van der Waals surface area (Å²) >= 11 is 0. The van der Waals surface area contributed by atoms with Crippen LogP contribution >= 0.6 is 7.82 Å². The van der Waals surface area contributed by atoms with E-state index in [1.165, 1.54) is 0 Å². The van der Waals surface area contributed by atoms with E-state index in [2.05, 4.69) is 4.52 Å². The summed E-state index contributed by atoms with van der Waals surface area (Å²) in [5, 5.41) is 0. The summed E-state index contributed by atoms with van der Waals surface area (Å²) < 4.78 is 29.6. The molecule has 0 rings (SSSR count). The van der Waals surface area contributed by atoms with E-state index in [-0.39, 0.29) is 13.2 Å². The minimum Gasteiger partial charge on any atom is -0.379 e. The fraction of sp³-hybridized carbons (Fsp3) is 1.00. The van der Waals surface area contributed by atoms with Gasteiger partial charge in [-0.3, -0.25) is 4.52 Å². The van der Waals surface area contributed by atoms with Crippen molar-refractivity contribution in [3.05, 3.63) is 0 Å². The number of phosphoric acid groups is 1. The molecular weight excluding hydrogens is 239 g/mol. The fourth-order valence-corrected chi connectivity index (χ4v) is 1.11. The molecule has 2 N–H and O–H groups in total. The zero-order valence-corrected chi connectivity index (χ0v) is 10.2. The molecule has 98 valence electrons. The molecular formula is C8H19O7P. The molecule has 0 unspecified atom stereocenters. The lowest BCUT2D eigenvalue weighted by Gasteiger charge is -2.07. The molecule has 7 nitrogen and oxygen atoms in total. The van der Waals surface area contributed by atoms with E-state index >= 15 is 0 Å². The summed E-state index contributed by atoms with van der Waals surface area (Å²) in [7, 11) is -4.37. The molecule has 0 aliphatic heterocycles. The zero-order chi connectivity index (χ0) is 12.3. The second-order valence-electron chi connectivity index (χ2n) is 2.75. The number of rotatable bonds is 11. The van der Waals surface area contributed by atoms with Crippen molar-refractivity contribution in [2.75, 3.05) is 46.2 Å². The third-order valence-electron chi connectivity index (χ3n) is 1.44. The first-order valence-electron chi connectivity index (χ1n) is 4.99. The van der Waals surface area contributed by atoms with Crippen molar-refractivity contribution in [3.63, 3.8) is 0 Å². The second-order valence-corrected chi connectivity index (χ2v) is 3.98. The molecule has 0 heterocycles. The van der Waals surface area contributed by atoms with E-state index in [1.54, 1.807) is 0 Å². The Morgan fingerprint density at radius 2 is 1.31 bits per heavy atom. The molecule has 0 spiro atoms. The first kappa shape index (κ1) is 16.0. The summed E-state index contributed by atoms with van der Waals surface area (Å²) in [5.41, 5.74) is 0. The second kappa shape index (κ2) is 10.2. The SMILES string of the molecule is CCOCCOCCOCCOP(=O)(O)O. The molecule has 0 aromatic heterocycles. The number of hydrogen-bond acceptors (Lipinski definition) is 5. The Labute approximate surface area is 94.9 Å². The molecule has 0 aliphatic rings. The minimum atomic E-state index is -4.37. The van der Waals surface area contributed by atoms with Crippen LogP contribution in [0, 0.1) is 0 Å². The number of phosphoric ester groups is 1. The van der Waals surface area contributed by atoms with E-state index in [0.717, 1.165) is 0 Å². The van der Waals surface area contributed by atoms with Crippen LogP contribution in [0.1, 0.15) is 6.92 Å². The molecule has 0 fully saturated rings. The zero-order valence-electron chi connectivity index (χ0n) is 9.33. The van der Waals surface area contributed by atoms with Gasteiger partial charge in [-0.1, -0.05) is 0 Å². The molecule has 0 aromatic rings. The molecule has 0 radical (unpaired) electrons. The first-order chi connectivity index (χ1) is 7.56. The Morgan fingerprint density at radius 1 is 0.875 bits per heavy atom. The third kappa shape index (κ3) is 14.0. The molecule has 0 saturated carbocycles. The van der Waals surface area contributed by atoms with Gasteiger partial charge in [0.1, 0.15) is 0 Å². The standard InChI is InChI=1S/C8H19O7P/c1-2-12-3-4-13-5-6-14-7-8-15-16(9,10)11/h2-8H2,1H3,(H2,9,10,11). The molecule has 0 aliphatic carbocycles. The normalized spacial score (nSPS) is 11.9. The molecule has 8 heteroatoms. The molecule has 0 bridgehead atoms. The van der Waals surface area contributed by atoms with E-state index in [9.17, 15) is 4.57 Å². The number of hydrogen-bond donors (Lipinski definition) is 2. The maximum atomic E-state index is 10.2.